The first-order chi connectivity index (χ1) is 11.7. The Morgan fingerprint density at radius 2 is 2.00 bits per heavy atom. The zero-order chi connectivity index (χ0) is 17.4. The van der Waals surface area contributed by atoms with Gasteiger partial charge in [0.15, 0.2) is 23.3 Å². The first kappa shape index (κ1) is 17.6. The van der Waals surface area contributed by atoms with Gasteiger partial charge in [-0.1, -0.05) is 0 Å². The second kappa shape index (κ2) is 8.76. The predicted molar refractivity (Wildman–Crippen MR) is 93.7 cm³/mol. The zero-order valence-corrected chi connectivity index (χ0v) is 14.5. The van der Waals surface area contributed by atoms with Gasteiger partial charge in [0.05, 0.1) is 14.2 Å². The largest absolute Gasteiger partial charge is 0.493 e. The number of ether oxygens (including phenoxy) is 2. The van der Waals surface area contributed by atoms with Gasteiger partial charge in [-0.2, -0.15) is 0 Å². The van der Waals surface area contributed by atoms with Crippen molar-refractivity contribution in [1.29, 1.82) is 0 Å². The van der Waals surface area contributed by atoms with Gasteiger partial charge in [-0.3, -0.25) is 0 Å². The molecular formula is C16H24N6O2. The summed E-state index contributed by atoms with van der Waals surface area (Å²) in [4.78, 5) is 4.56. The van der Waals surface area contributed by atoms with Crippen LogP contribution in [0.15, 0.2) is 29.5 Å². The Bertz CT molecular complexity index is 683. The molecule has 2 aromatic rings. The summed E-state index contributed by atoms with van der Waals surface area (Å²) in [6.07, 6.45) is 1.71. The summed E-state index contributed by atoms with van der Waals surface area (Å²) < 4.78 is 12.5. The normalized spacial score (nSPS) is 11.2. The van der Waals surface area contributed by atoms with Crippen molar-refractivity contribution >= 4 is 11.6 Å². The Morgan fingerprint density at radius 1 is 1.21 bits per heavy atom. The average molecular weight is 332 g/mol. The fourth-order valence-corrected chi connectivity index (χ4v) is 2.17. The number of guanidine groups is 1. The average Bonchev–Trinajstić information content (AvgIpc) is 3.07. The molecule has 1 aromatic carbocycles. The summed E-state index contributed by atoms with van der Waals surface area (Å²) in [7, 11) is 3.22. The third kappa shape index (κ3) is 4.37. The van der Waals surface area contributed by atoms with E-state index in [-0.39, 0.29) is 0 Å². The monoisotopic (exact) mass is 332 g/mol. The zero-order valence-electron chi connectivity index (χ0n) is 14.5. The van der Waals surface area contributed by atoms with Gasteiger partial charge in [0.1, 0.15) is 12.9 Å². The van der Waals surface area contributed by atoms with E-state index in [1.54, 1.807) is 20.5 Å². The van der Waals surface area contributed by atoms with E-state index >= 15 is 0 Å². The second-order valence-electron chi connectivity index (χ2n) is 4.92. The van der Waals surface area contributed by atoms with Crippen molar-refractivity contribution in [1.82, 2.24) is 20.1 Å². The van der Waals surface area contributed by atoms with E-state index in [9.17, 15) is 0 Å². The third-order valence-corrected chi connectivity index (χ3v) is 3.41. The molecule has 0 saturated carbocycles. The molecule has 0 aliphatic heterocycles. The van der Waals surface area contributed by atoms with E-state index in [2.05, 4.69) is 25.8 Å². The van der Waals surface area contributed by atoms with Gasteiger partial charge in [0, 0.05) is 24.8 Å². The summed E-state index contributed by atoms with van der Waals surface area (Å²) in [5.74, 6) is 2.82. The quantitative estimate of drug-likeness (QED) is 0.595. The fourth-order valence-electron chi connectivity index (χ4n) is 2.17. The van der Waals surface area contributed by atoms with Crippen LogP contribution in [0.2, 0.25) is 0 Å². The van der Waals surface area contributed by atoms with E-state index in [1.165, 1.54) is 0 Å². The predicted octanol–water partition coefficient (Wildman–Crippen LogP) is 1.89. The minimum absolute atomic E-state index is 0.441. The molecule has 0 bridgehead atoms. The molecule has 0 aliphatic rings. The first-order valence-corrected chi connectivity index (χ1v) is 7.85. The molecule has 1 heterocycles. The van der Waals surface area contributed by atoms with Crippen molar-refractivity contribution in [2.75, 3.05) is 26.1 Å². The smallest absolute Gasteiger partial charge is 0.196 e. The van der Waals surface area contributed by atoms with Crippen LogP contribution in [0.25, 0.3) is 0 Å². The lowest BCUT2D eigenvalue weighted by molar-refractivity contribution is 0.355. The number of rotatable bonds is 7. The Hall–Kier alpha value is -2.77. The molecule has 0 aliphatic carbocycles. The van der Waals surface area contributed by atoms with Crippen LogP contribution >= 0.6 is 0 Å². The summed E-state index contributed by atoms with van der Waals surface area (Å²) in [5.41, 5.74) is 0.851. The highest BCUT2D eigenvalue weighted by atomic mass is 16.5. The maximum atomic E-state index is 5.32. The lowest BCUT2D eigenvalue weighted by Gasteiger charge is -2.13. The van der Waals surface area contributed by atoms with E-state index < -0.39 is 0 Å². The minimum atomic E-state index is 0.441. The molecular weight excluding hydrogens is 308 g/mol. The number of nitrogens with one attached hydrogen (secondary N) is 2. The molecule has 0 radical (unpaired) electrons. The third-order valence-electron chi connectivity index (χ3n) is 3.41. The van der Waals surface area contributed by atoms with Crippen molar-refractivity contribution in [3.05, 3.63) is 30.4 Å². The maximum Gasteiger partial charge on any atom is 0.196 e. The highest BCUT2D eigenvalue weighted by Crippen LogP contribution is 2.29. The van der Waals surface area contributed by atoms with Gasteiger partial charge >= 0.3 is 0 Å². The van der Waals surface area contributed by atoms with Gasteiger partial charge in [0.25, 0.3) is 0 Å². The Kier molecular flexibility index (Phi) is 6.41. The fraction of sp³-hybridized carbons (Fsp3) is 0.438. The van der Waals surface area contributed by atoms with Crippen LogP contribution in [-0.4, -0.2) is 41.5 Å². The highest BCUT2D eigenvalue weighted by molar-refractivity contribution is 5.93. The maximum absolute atomic E-state index is 5.32. The van der Waals surface area contributed by atoms with Crippen LogP contribution in [0.4, 0.5) is 5.69 Å². The molecule has 0 unspecified atom stereocenters. The Morgan fingerprint density at radius 3 is 2.67 bits per heavy atom. The number of benzene rings is 1. The van der Waals surface area contributed by atoms with E-state index in [0.717, 1.165) is 24.6 Å². The number of hydrogen-bond donors (Lipinski definition) is 2. The number of anilines is 1. The van der Waals surface area contributed by atoms with Crippen molar-refractivity contribution in [3.63, 3.8) is 0 Å². The number of aliphatic imine (C=N–C) groups is 1. The molecule has 0 fully saturated rings. The van der Waals surface area contributed by atoms with Crippen molar-refractivity contribution < 1.29 is 9.47 Å². The van der Waals surface area contributed by atoms with Gasteiger partial charge in [-0.25, -0.2) is 4.99 Å². The van der Waals surface area contributed by atoms with E-state index in [0.29, 0.717) is 24.0 Å². The summed E-state index contributed by atoms with van der Waals surface area (Å²) in [6.45, 7) is 6.07. The standard InChI is InChI=1S/C16H24N6O2/c1-5-17-16(18-10-15-21-19-11-22(15)6-2)20-12-7-8-13(23-3)14(9-12)24-4/h7-9,11H,5-6,10H2,1-4H3,(H2,17,18,20). The molecule has 8 heteroatoms. The Labute approximate surface area is 141 Å². The van der Waals surface area contributed by atoms with Crippen LogP contribution in [-0.2, 0) is 13.1 Å². The lowest BCUT2D eigenvalue weighted by atomic mass is 10.3. The second-order valence-corrected chi connectivity index (χ2v) is 4.92. The number of aromatic nitrogens is 3. The molecule has 2 N–H and O–H groups in total. The molecule has 0 saturated heterocycles. The van der Waals surface area contributed by atoms with Crippen LogP contribution in [0.1, 0.15) is 19.7 Å². The Balaban J connectivity index is 2.14. The van der Waals surface area contributed by atoms with Crippen LogP contribution < -0.4 is 20.1 Å². The van der Waals surface area contributed by atoms with Crippen molar-refractivity contribution in [3.8, 4) is 11.5 Å². The topological polar surface area (TPSA) is 85.6 Å². The van der Waals surface area contributed by atoms with Crippen LogP contribution in [0.3, 0.4) is 0 Å². The van der Waals surface area contributed by atoms with Gasteiger partial charge in [-0.15, -0.1) is 10.2 Å². The number of hydrogen-bond acceptors (Lipinski definition) is 5. The van der Waals surface area contributed by atoms with Crippen molar-refractivity contribution in [2.45, 2.75) is 26.9 Å². The number of methoxy groups -OCH3 is 2. The van der Waals surface area contributed by atoms with Gasteiger partial charge < -0.3 is 24.7 Å². The summed E-state index contributed by atoms with van der Waals surface area (Å²) in [5, 5.41) is 14.5. The lowest BCUT2D eigenvalue weighted by Crippen LogP contribution is -2.30. The summed E-state index contributed by atoms with van der Waals surface area (Å²) in [6, 6.07) is 5.61. The highest BCUT2D eigenvalue weighted by Gasteiger charge is 2.07. The molecule has 8 nitrogen and oxygen atoms in total. The molecule has 2 rings (SSSR count). The first-order valence-electron chi connectivity index (χ1n) is 7.85. The molecule has 0 atom stereocenters. The molecule has 0 spiro atoms. The van der Waals surface area contributed by atoms with E-state index in [4.69, 9.17) is 9.47 Å². The molecule has 1 aromatic heterocycles. The minimum Gasteiger partial charge on any atom is -0.493 e. The van der Waals surface area contributed by atoms with Crippen LogP contribution in [0, 0.1) is 0 Å². The van der Waals surface area contributed by atoms with Crippen molar-refractivity contribution in [2.24, 2.45) is 4.99 Å². The molecule has 24 heavy (non-hydrogen) atoms. The van der Waals surface area contributed by atoms with E-state index in [1.807, 2.05) is 36.6 Å². The SMILES string of the molecule is CCNC(=NCc1nncn1CC)Nc1ccc(OC)c(OC)c1. The number of nitrogens with zero attached hydrogens (tertiary/aromatic N) is 4. The number of aryl methyl sites for hydroxylation is 1. The van der Waals surface area contributed by atoms with Crippen LogP contribution in [0.5, 0.6) is 11.5 Å². The van der Waals surface area contributed by atoms with Gasteiger partial charge in [-0.05, 0) is 26.0 Å². The van der Waals surface area contributed by atoms with Gasteiger partial charge in [0.2, 0.25) is 0 Å². The molecule has 130 valence electrons. The molecule has 0 amide bonds. The summed E-state index contributed by atoms with van der Waals surface area (Å²) >= 11 is 0.